The van der Waals surface area contributed by atoms with E-state index in [0.717, 1.165) is 0 Å². The smallest absolute Gasteiger partial charge is 0 e. The summed E-state index contributed by atoms with van der Waals surface area (Å²) >= 11 is 0. The predicted octanol–water partition coefficient (Wildman–Crippen LogP) is 5.59. The Morgan fingerprint density at radius 1 is 0.368 bits per heavy atom. The van der Waals surface area contributed by atoms with Gasteiger partial charge in [-0.2, -0.15) is 0 Å². The Morgan fingerprint density at radius 3 is 0.368 bits per heavy atom. The van der Waals surface area contributed by atoms with Gasteiger partial charge in [0.1, 0.15) is 0 Å². The number of hydrogen-bond donors (Lipinski definition) is 0. The van der Waals surface area contributed by atoms with Gasteiger partial charge < -0.3 is 0 Å². The molecular formula is C16H38KSn2. The van der Waals surface area contributed by atoms with Crippen LogP contribution in [-0.4, -0.2) is 99.2 Å². The van der Waals surface area contributed by atoms with E-state index in [1.54, 1.807) is 0 Å². The van der Waals surface area contributed by atoms with Crippen molar-refractivity contribution in [3.05, 3.63) is 23.7 Å². The fraction of sp³-hybridized carbons (Fsp3) is 0.750. The SMILES string of the molecule is C[C](C)C.C[C](C)C.C[C](C)C.C[C](C)C.[HH].[K].[Sn].[Sn]. The maximum absolute atomic E-state index is 2.08. The second-order valence-corrected chi connectivity index (χ2v) is 6.00. The Hall–Kier alpha value is 3.23. The van der Waals surface area contributed by atoms with Gasteiger partial charge in [-0.3, -0.25) is 0 Å². The van der Waals surface area contributed by atoms with Gasteiger partial charge in [-0.1, -0.05) is 83.1 Å². The summed E-state index contributed by atoms with van der Waals surface area (Å²) in [7, 11) is 0. The minimum absolute atomic E-state index is 0. The molecule has 0 spiro atoms. The monoisotopic (exact) mass is 509 g/mol. The Kier molecular flexibility index (Phi) is 85.2. The molecule has 0 N–H and O–H groups in total. The fourth-order valence-corrected chi connectivity index (χ4v) is 0. The van der Waals surface area contributed by atoms with Crippen LogP contribution in [0.2, 0.25) is 0 Å². The molecule has 0 saturated heterocycles. The molecule has 0 aliphatic heterocycles. The summed E-state index contributed by atoms with van der Waals surface area (Å²) in [6.07, 6.45) is 0. The van der Waals surface area contributed by atoms with Crippen molar-refractivity contribution in [3.63, 3.8) is 0 Å². The van der Waals surface area contributed by atoms with Gasteiger partial charge in [0.25, 0.3) is 0 Å². The van der Waals surface area contributed by atoms with Crippen molar-refractivity contribution < 1.29 is 1.43 Å². The van der Waals surface area contributed by atoms with Crippen LogP contribution in [0, 0.1) is 23.7 Å². The molecule has 0 unspecified atom stereocenters. The van der Waals surface area contributed by atoms with Gasteiger partial charge in [0.15, 0.2) is 0 Å². The van der Waals surface area contributed by atoms with E-state index >= 15 is 0 Å². The summed E-state index contributed by atoms with van der Waals surface area (Å²) in [6.45, 7) is 25.0. The van der Waals surface area contributed by atoms with E-state index in [4.69, 9.17) is 0 Å². The summed E-state index contributed by atoms with van der Waals surface area (Å²) in [6, 6.07) is 0. The van der Waals surface area contributed by atoms with E-state index in [0.29, 0.717) is 0 Å². The van der Waals surface area contributed by atoms with Crippen LogP contribution >= 0.6 is 0 Å². The molecule has 0 heterocycles. The topological polar surface area (TPSA) is 0 Å². The number of rotatable bonds is 0. The van der Waals surface area contributed by atoms with Gasteiger partial charge in [-0.25, -0.2) is 0 Å². The van der Waals surface area contributed by atoms with E-state index in [1.807, 2.05) is 0 Å². The normalized spacial score (nSPS) is 7.58. The van der Waals surface area contributed by atoms with Crippen LogP contribution in [-0.2, 0) is 0 Å². The van der Waals surface area contributed by atoms with Crippen molar-refractivity contribution in [3.8, 4) is 0 Å². The zero-order chi connectivity index (χ0) is 14.3. The molecule has 111 valence electrons. The Morgan fingerprint density at radius 2 is 0.368 bits per heavy atom. The first-order valence-electron chi connectivity index (χ1n) is 6.00. The third-order valence-electron chi connectivity index (χ3n) is 0. The van der Waals surface area contributed by atoms with Crippen LogP contribution in [0.3, 0.4) is 0 Å². The average molecular weight is 507 g/mol. The van der Waals surface area contributed by atoms with E-state index < -0.39 is 0 Å². The molecule has 0 aromatic heterocycles. The molecule has 0 aliphatic rings. The third-order valence-corrected chi connectivity index (χ3v) is 0. The van der Waals surface area contributed by atoms with Gasteiger partial charge in [0.05, 0.1) is 0 Å². The van der Waals surface area contributed by atoms with Crippen LogP contribution in [0.5, 0.6) is 0 Å². The summed E-state index contributed by atoms with van der Waals surface area (Å²) in [5.41, 5.74) is 0. The van der Waals surface area contributed by atoms with Crippen LogP contribution in [0.1, 0.15) is 84.5 Å². The minimum Gasteiger partial charge on any atom is -0.0597 e. The first-order chi connectivity index (χ1) is 6.93. The molecule has 0 rings (SSSR count). The van der Waals surface area contributed by atoms with E-state index in [-0.39, 0.29) is 101 Å². The second-order valence-electron chi connectivity index (χ2n) is 6.00. The summed E-state index contributed by atoms with van der Waals surface area (Å²) in [4.78, 5) is 0. The van der Waals surface area contributed by atoms with Crippen molar-refractivity contribution >= 4 is 99.2 Å². The van der Waals surface area contributed by atoms with Gasteiger partial charge in [0.2, 0.25) is 0 Å². The van der Waals surface area contributed by atoms with Crippen molar-refractivity contribution in [2.24, 2.45) is 0 Å². The number of hydrogen-bond acceptors (Lipinski definition) is 0. The van der Waals surface area contributed by atoms with Crippen molar-refractivity contribution in [1.29, 1.82) is 0 Å². The molecule has 0 aromatic rings. The Labute approximate surface area is 204 Å². The maximum Gasteiger partial charge on any atom is 0 e. The molecule has 0 amide bonds. The molecule has 0 nitrogen and oxygen atoms in total. The summed E-state index contributed by atoms with van der Waals surface area (Å²) < 4.78 is 0. The van der Waals surface area contributed by atoms with Crippen molar-refractivity contribution in [1.82, 2.24) is 0 Å². The standard InChI is InChI=1S/4C4H9.K.2Sn.H2/c4*1-4(2)3;;;;/h4*1-3H3;;;;1H. The van der Waals surface area contributed by atoms with Crippen molar-refractivity contribution in [2.75, 3.05) is 0 Å². The molecule has 0 saturated carbocycles. The van der Waals surface area contributed by atoms with E-state index in [9.17, 15) is 0 Å². The average Bonchev–Trinajstić information content (AvgIpc) is 1.76. The molecule has 0 aromatic carbocycles. The first kappa shape index (κ1) is 43.2. The molecule has 0 aliphatic carbocycles. The van der Waals surface area contributed by atoms with Crippen LogP contribution in [0.4, 0.5) is 0 Å². The molecular weight excluding hydrogens is 469 g/mol. The maximum atomic E-state index is 2.08. The second kappa shape index (κ2) is 37.5. The molecule has 0 bridgehead atoms. The van der Waals surface area contributed by atoms with E-state index in [1.165, 1.54) is 23.7 Å². The van der Waals surface area contributed by atoms with Crippen molar-refractivity contribution in [2.45, 2.75) is 83.1 Å². The zero-order valence-electron chi connectivity index (χ0n) is 16.0. The quantitative estimate of drug-likeness (QED) is 0.376. The predicted molar refractivity (Wildman–Crippen MR) is 100 cm³/mol. The van der Waals surface area contributed by atoms with Gasteiger partial charge >= 0.3 is 0 Å². The summed E-state index contributed by atoms with van der Waals surface area (Å²) in [5, 5.41) is 0. The fourth-order valence-electron chi connectivity index (χ4n) is 0. The van der Waals surface area contributed by atoms with Gasteiger partial charge in [-0.05, 0) is 23.7 Å². The van der Waals surface area contributed by atoms with Crippen LogP contribution < -0.4 is 0 Å². The Bertz CT molecular complexity index is 63.5. The van der Waals surface area contributed by atoms with Gasteiger partial charge in [0, 0.05) is 101 Å². The van der Waals surface area contributed by atoms with E-state index in [2.05, 4.69) is 83.1 Å². The van der Waals surface area contributed by atoms with Crippen LogP contribution in [0.15, 0.2) is 0 Å². The first-order valence-corrected chi connectivity index (χ1v) is 6.00. The molecule has 0 fully saturated rings. The molecule has 0 atom stereocenters. The zero-order valence-corrected chi connectivity index (χ0v) is 24.8. The largest absolute Gasteiger partial charge is 0.0597 e. The molecule has 3 heteroatoms. The minimum atomic E-state index is 0. The molecule has 19 heavy (non-hydrogen) atoms. The third kappa shape index (κ3) is 751. The summed E-state index contributed by atoms with van der Waals surface area (Å²) in [5.74, 6) is 5.67. The Balaban J connectivity index is -0.0000000150. The van der Waals surface area contributed by atoms with Gasteiger partial charge in [-0.15, -0.1) is 0 Å². The van der Waals surface area contributed by atoms with Crippen LogP contribution in [0.25, 0.3) is 0 Å². The molecule has 13 radical (unpaired) electrons.